The second-order valence-corrected chi connectivity index (χ2v) is 8.20. The molecule has 154 valence electrons. The molecule has 0 unspecified atom stereocenters. The van der Waals surface area contributed by atoms with E-state index in [9.17, 15) is 4.79 Å². The summed E-state index contributed by atoms with van der Waals surface area (Å²) in [6.45, 7) is 0.241. The number of thiazole rings is 1. The number of methoxy groups -OCH3 is 1. The molecule has 0 aliphatic rings. The topological polar surface area (TPSA) is 68.5 Å². The molecular weight excluding hydrogens is 434 g/mol. The summed E-state index contributed by atoms with van der Waals surface area (Å²) in [5.41, 5.74) is 1.92. The zero-order valence-electron chi connectivity index (χ0n) is 16.4. The molecule has 8 heteroatoms. The van der Waals surface area contributed by atoms with E-state index >= 15 is 0 Å². The monoisotopic (exact) mass is 449 g/mol. The van der Waals surface area contributed by atoms with Crippen LogP contribution in [0.2, 0.25) is 5.02 Å². The van der Waals surface area contributed by atoms with Crippen LogP contribution in [0.1, 0.15) is 16.2 Å². The number of pyridine rings is 1. The Labute approximate surface area is 186 Å². The van der Waals surface area contributed by atoms with Crippen LogP contribution in [0.5, 0.6) is 5.75 Å². The number of fused-ring (bicyclic) bond motifs is 2. The van der Waals surface area contributed by atoms with E-state index in [0.717, 1.165) is 15.8 Å². The van der Waals surface area contributed by atoms with Crippen LogP contribution >= 0.6 is 22.9 Å². The van der Waals surface area contributed by atoms with Crippen molar-refractivity contribution >= 4 is 55.2 Å². The van der Waals surface area contributed by atoms with Crippen molar-refractivity contribution in [2.75, 3.05) is 12.0 Å². The minimum absolute atomic E-state index is 0.195. The molecule has 0 saturated carbocycles. The van der Waals surface area contributed by atoms with Crippen molar-refractivity contribution < 1.29 is 13.9 Å². The first kappa shape index (κ1) is 19.5. The SMILES string of the molecule is COc1cccc2cc(C(=O)N(Cc3ccccn3)c3nc4c(Cl)cccc4s3)oc12. The molecular formula is C23H16ClN3O3S. The standard InChI is InChI=1S/C23H16ClN3O3S/c1-29-17-9-4-6-14-12-18(30-21(14)17)22(28)27(13-15-7-2-3-11-25-15)23-26-20-16(24)8-5-10-19(20)31-23/h2-12H,13H2,1H3. The van der Waals surface area contributed by atoms with Crippen molar-refractivity contribution in [3.8, 4) is 5.75 Å². The Morgan fingerprint density at radius 3 is 2.81 bits per heavy atom. The number of hydrogen-bond acceptors (Lipinski definition) is 6. The average molecular weight is 450 g/mol. The van der Waals surface area contributed by atoms with Gasteiger partial charge in [0.1, 0.15) is 5.52 Å². The van der Waals surface area contributed by atoms with Gasteiger partial charge in [0.05, 0.1) is 29.1 Å². The van der Waals surface area contributed by atoms with Gasteiger partial charge >= 0.3 is 0 Å². The van der Waals surface area contributed by atoms with E-state index in [-0.39, 0.29) is 18.2 Å². The second kappa shape index (κ2) is 8.02. The van der Waals surface area contributed by atoms with Crippen molar-refractivity contribution in [2.45, 2.75) is 6.54 Å². The first-order valence-electron chi connectivity index (χ1n) is 9.47. The number of anilines is 1. The predicted molar refractivity (Wildman–Crippen MR) is 122 cm³/mol. The first-order valence-corrected chi connectivity index (χ1v) is 10.7. The lowest BCUT2D eigenvalue weighted by molar-refractivity contribution is 0.0960. The van der Waals surface area contributed by atoms with Gasteiger partial charge in [0.2, 0.25) is 0 Å². The van der Waals surface area contributed by atoms with Gasteiger partial charge in [-0.1, -0.05) is 47.2 Å². The number of benzene rings is 2. The highest BCUT2D eigenvalue weighted by molar-refractivity contribution is 7.22. The highest BCUT2D eigenvalue weighted by atomic mass is 35.5. The van der Waals surface area contributed by atoms with Gasteiger partial charge in [-0.3, -0.25) is 14.7 Å². The maximum Gasteiger partial charge on any atom is 0.296 e. The van der Waals surface area contributed by atoms with E-state index in [4.69, 9.17) is 20.8 Å². The molecule has 1 amide bonds. The quantitative estimate of drug-likeness (QED) is 0.332. The number of furan rings is 1. The third-order valence-corrected chi connectivity index (χ3v) is 6.17. The summed E-state index contributed by atoms with van der Waals surface area (Å²) in [5.74, 6) is 0.444. The van der Waals surface area contributed by atoms with Gasteiger partial charge in [0.25, 0.3) is 5.91 Å². The fraction of sp³-hybridized carbons (Fsp3) is 0.0870. The van der Waals surface area contributed by atoms with Crippen molar-refractivity contribution in [3.63, 3.8) is 0 Å². The number of halogens is 1. The number of carbonyl (C=O) groups excluding carboxylic acids is 1. The number of rotatable bonds is 5. The van der Waals surface area contributed by atoms with E-state index < -0.39 is 0 Å². The number of carbonyl (C=O) groups is 1. The Hall–Kier alpha value is -3.42. The van der Waals surface area contributed by atoms with Gasteiger partial charge in [0.15, 0.2) is 22.2 Å². The molecule has 5 aromatic rings. The van der Waals surface area contributed by atoms with Crippen LogP contribution in [0.25, 0.3) is 21.2 Å². The number of para-hydroxylation sites is 2. The summed E-state index contributed by atoms with van der Waals surface area (Å²) in [6.07, 6.45) is 1.69. The third kappa shape index (κ3) is 3.62. The maximum absolute atomic E-state index is 13.6. The Kier molecular flexibility index (Phi) is 5.05. The van der Waals surface area contributed by atoms with Crippen molar-refractivity contribution in [1.82, 2.24) is 9.97 Å². The van der Waals surface area contributed by atoms with Gasteiger partial charge < -0.3 is 9.15 Å². The normalized spacial score (nSPS) is 11.2. The van der Waals surface area contributed by atoms with Crippen LogP contribution < -0.4 is 9.64 Å². The molecule has 3 heterocycles. The van der Waals surface area contributed by atoms with Gasteiger partial charge in [-0.15, -0.1) is 0 Å². The summed E-state index contributed by atoms with van der Waals surface area (Å²) in [5, 5.41) is 1.85. The van der Waals surface area contributed by atoms with Crippen molar-refractivity contribution in [3.05, 3.63) is 83.3 Å². The maximum atomic E-state index is 13.6. The minimum Gasteiger partial charge on any atom is -0.493 e. The summed E-state index contributed by atoms with van der Waals surface area (Å²) in [6, 6.07) is 18.4. The highest BCUT2D eigenvalue weighted by Crippen LogP contribution is 2.35. The van der Waals surface area contributed by atoms with E-state index in [0.29, 0.717) is 27.0 Å². The average Bonchev–Trinajstić information content (AvgIpc) is 3.43. The van der Waals surface area contributed by atoms with E-state index in [1.54, 1.807) is 36.4 Å². The van der Waals surface area contributed by atoms with Crippen LogP contribution in [0.4, 0.5) is 5.13 Å². The molecule has 0 aliphatic carbocycles. The number of hydrogen-bond donors (Lipinski definition) is 0. The summed E-state index contributed by atoms with van der Waals surface area (Å²) in [4.78, 5) is 24.1. The van der Waals surface area contributed by atoms with Crippen LogP contribution in [-0.4, -0.2) is 23.0 Å². The molecule has 0 radical (unpaired) electrons. The zero-order valence-corrected chi connectivity index (χ0v) is 18.0. The minimum atomic E-state index is -0.320. The summed E-state index contributed by atoms with van der Waals surface area (Å²) in [7, 11) is 1.57. The van der Waals surface area contributed by atoms with Crippen LogP contribution in [-0.2, 0) is 6.54 Å². The predicted octanol–water partition coefficient (Wildman–Crippen LogP) is 5.95. The molecule has 2 aromatic carbocycles. The molecule has 3 aromatic heterocycles. The lowest BCUT2D eigenvalue weighted by Crippen LogP contribution is -2.30. The second-order valence-electron chi connectivity index (χ2n) is 6.78. The Morgan fingerprint density at radius 2 is 2.03 bits per heavy atom. The fourth-order valence-corrected chi connectivity index (χ4v) is 4.60. The Balaban J connectivity index is 1.61. The number of aromatic nitrogens is 2. The lowest BCUT2D eigenvalue weighted by atomic mass is 10.2. The van der Waals surface area contributed by atoms with Gasteiger partial charge in [-0.2, -0.15) is 0 Å². The Bertz CT molecular complexity index is 1400. The van der Waals surface area contributed by atoms with Crippen LogP contribution in [0.15, 0.2) is 71.3 Å². The largest absolute Gasteiger partial charge is 0.493 e. The van der Waals surface area contributed by atoms with Crippen LogP contribution in [0.3, 0.4) is 0 Å². The lowest BCUT2D eigenvalue weighted by Gasteiger charge is -2.18. The van der Waals surface area contributed by atoms with Crippen molar-refractivity contribution in [2.24, 2.45) is 0 Å². The van der Waals surface area contributed by atoms with E-state index in [1.807, 2.05) is 42.5 Å². The number of nitrogens with zero attached hydrogens (tertiary/aromatic N) is 3. The number of ether oxygens (including phenoxy) is 1. The molecule has 0 aliphatic heterocycles. The van der Waals surface area contributed by atoms with Gasteiger partial charge in [-0.25, -0.2) is 4.98 Å². The molecule has 6 nitrogen and oxygen atoms in total. The van der Waals surface area contributed by atoms with Gasteiger partial charge in [-0.05, 0) is 36.4 Å². The van der Waals surface area contributed by atoms with E-state index in [2.05, 4.69) is 9.97 Å². The highest BCUT2D eigenvalue weighted by Gasteiger charge is 2.26. The molecule has 0 bridgehead atoms. The molecule has 5 rings (SSSR count). The molecule has 31 heavy (non-hydrogen) atoms. The molecule has 0 atom stereocenters. The van der Waals surface area contributed by atoms with Crippen molar-refractivity contribution in [1.29, 1.82) is 0 Å². The van der Waals surface area contributed by atoms with Crippen LogP contribution in [0, 0.1) is 0 Å². The molecule has 0 spiro atoms. The first-order chi connectivity index (χ1) is 15.1. The number of amides is 1. The van der Waals surface area contributed by atoms with E-state index in [1.165, 1.54) is 11.3 Å². The third-order valence-electron chi connectivity index (χ3n) is 4.82. The smallest absolute Gasteiger partial charge is 0.296 e. The molecule has 0 N–H and O–H groups in total. The summed E-state index contributed by atoms with van der Waals surface area (Å²) >= 11 is 7.71. The molecule has 0 saturated heterocycles. The zero-order chi connectivity index (χ0) is 21.4. The Morgan fingerprint density at radius 1 is 1.16 bits per heavy atom. The van der Waals surface area contributed by atoms with Gasteiger partial charge in [0, 0.05) is 11.6 Å². The summed E-state index contributed by atoms with van der Waals surface area (Å²) < 4.78 is 12.2. The molecule has 0 fully saturated rings. The fourth-order valence-electron chi connectivity index (χ4n) is 3.33.